The molecule has 1 heterocycles. The summed E-state index contributed by atoms with van der Waals surface area (Å²) in [6.07, 6.45) is 2.77. The van der Waals surface area contributed by atoms with E-state index in [1.165, 1.54) is 0 Å². The smallest absolute Gasteiger partial charge is 0.271 e. The number of nitrogens with one attached hydrogen (secondary N) is 2. The molecule has 0 aromatic carbocycles. The Morgan fingerprint density at radius 3 is 2.85 bits per heavy atom. The highest BCUT2D eigenvalue weighted by molar-refractivity contribution is 6.33. The molecule has 20 heavy (non-hydrogen) atoms. The van der Waals surface area contributed by atoms with Gasteiger partial charge in [-0.15, -0.1) is 0 Å². The number of hydrogen-bond acceptors (Lipinski definition) is 4. The molecule has 0 fully saturated rings. The number of carbonyl (C=O) groups excluding carboxylic acids is 1. The van der Waals surface area contributed by atoms with Crippen LogP contribution in [0, 0.1) is 0 Å². The van der Waals surface area contributed by atoms with Gasteiger partial charge in [0.1, 0.15) is 11.5 Å². The van der Waals surface area contributed by atoms with Crippen molar-refractivity contribution in [1.82, 2.24) is 10.3 Å². The van der Waals surface area contributed by atoms with Gasteiger partial charge in [0, 0.05) is 26.8 Å². The number of pyridine rings is 1. The molecule has 1 rings (SSSR count). The highest BCUT2D eigenvalue weighted by Crippen LogP contribution is 2.16. The zero-order chi connectivity index (χ0) is 14.8. The molecule has 112 valence electrons. The summed E-state index contributed by atoms with van der Waals surface area (Å²) in [7, 11) is 1.66. The summed E-state index contributed by atoms with van der Waals surface area (Å²) >= 11 is 6.02. The summed E-state index contributed by atoms with van der Waals surface area (Å²) in [6, 6.07) is 3.46. The van der Waals surface area contributed by atoms with Crippen molar-refractivity contribution in [2.24, 2.45) is 0 Å². The first-order chi connectivity index (χ1) is 9.69. The fourth-order valence-electron chi connectivity index (χ4n) is 1.61. The molecule has 0 unspecified atom stereocenters. The Morgan fingerprint density at radius 2 is 2.15 bits per heavy atom. The second-order valence-electron chi connectivity index (χ2n) is 4.41. The van der Waals surface area contributed by atoms with Gasteiger partial charge in [-0.05, 0) is 31.4 Å². The largest absolute Gasteiger partial charge is 0.385 e. The Balaban J connectivity index is 2.53. The molecular formula is C14H22ClN3O2. The minimum Gasteiger partial charge on any atom is -0.385 e. The van der Waals surface area contributed by atoms with Gasteiger partial charge in [-0.2, -0.15) is 0 Å². The molecule has 5 nitrogen and oxygen atoms in total. The minimum atomic E-state index is -0.243. The topological polar surface area (TPSA) is 63.2 Å². The van der Waals surface area contributed by atoms with E-state index in [0.29, 0.717) is 24.0 Å². The molecule has 0 saturated carbocycles. The van der Waals surface area contributed by atoms with Gasteiger partial charge in [-0.25, -0.2) is 4.98 Å². The normalized spacial score (nSPS) is 10.3. The Labute approximate surface area is 125 Å². The van der Waals surface area contributed by atoms with Crippen LogP contribution >= 0.6 is 11.6 Å². The van der Waals surface area contributed by atoms with Gasteiger partial charge in [0.05, 0.1) is 5.02 Å². The summed E-state index contributed by atoms with van der Waals surface area (Å²) in [5.74, 6) is 0.424. The number of halogens is 1. The number of amides is 1. The van der Waals surface area contributed by atoms with Gasteiger partial charge in [0.25, 0.3) is 5.91 Å². The Morgan fingerprint density at radius 1 is 1.35 bits per heavy atom. The molecule has 0 saturated heterocycles. The number of rotatable bonds is 9. The molecule has 2 N–H and O–H groups in total. The quantitative estimate of drug-likeness (QED) is 0.688. The van der Waals surface area contributed by atoms with Crippen molar-refractivity contribution < 1.29 is 9.53 Å². The summed E-state index contributed by atoms with van der Waals surface area (Å²) in [5.41, 5.74) is 0.263. The number of methoxy groups -OCH3 is 1. The lowest BCUT2D eigenvalue weighted by Gasteiger charge is -2.09. The number of carbonyl (C=O) groups is 1. The number of aromatic nitrogens is 1. The van der Waals surface area contributed by atoms with Crippen LogP contribution < -0.4 is 10.6 Å². The first-order valence-electron chi connectivity index (χ1n) is 6.86. The molecule has 0 spiro atoms. The standard InChI is InChI=1S/C14H22ClN3O2/c1-3-8-16-12-7-6-11(15)13(18-12)14(19)17-9-4-5-10-20-2/h6-7H,3-5,8-10H2,1-2H3,(H,16,18)(H,17,19). The van der Waals surface area contributed by atoms with Crippen molar-refractivity contribution in [2.75, 3.05) is 32.1 Å². The third-order valence-electron chi connectivity index (χ3n) is 2.68. The lowest BCUT2D eigenvalue weighted by Crippen LogP contribution is -2.26. The number of nitrogens with zero attached hydrogens (tertiary/aromatic N) is 1. The van der Waals surface area contributed by atoms with E-state index in [9.17, 15) is 4.79 Å². The Kier molecular flexibility index (Phi) is 7.99. The van der Waals surface area contributed by atoms with Crippen LogP contribution in [-0.4, -0.2) is 37.7 Å². The van der Waals surface area contributed by atoms with E-state index in [0.717, 1.165) is 25.8 Å². The summed E-state index contributed by atoms with van der Waals surface area (Å²) in [5, 5.41) is 6.31. The van der Waals surface area contributed by atoms with Crippen LogP contribution in [0.25, 0.3) is 0 Å². The van der Waals surface area contributed by atoms with E-state index in [-0.39, 0.29) is 11.6 Å². The van der Waals surface area contributed by atoms with Crippen LogP contribution in [-0.2, 0) is 4.74 Å². The zero-order valence-electron chi connectivity index (χ0n) is 12.0. The molecule has 0 bridgehead atoms. The van der Waals surface area contributed by atoms with E-state index in [2.05, 4.69) is 22.5 Å². The fraction of sp³-hybridized carbons (Fsp3) is 0.571. The van der Waals surface area contributed by atoms with Crippen LogP contribution in [0.4, 0.5) is 5.82 Å². The van der Waals surface area contributed by atoms with E-state index >= 15 is 0 Å². The molecule has 0 radical (unpaired) electrons. The maximum atomic E-state index is 12.0. The first-order valence-corrected chi connectivity index (χ1v) is 7.24. The fourth-order valence-corrected chi connectivity index (χ4v) is 1.80. The summed E-state index contributed by atoms with van der Waals surface area (Å²) in [4.78, 5) is 16.3. The van der Waals surface area contributed by atoms with Gasteiger partial charge in [-0.1, -0.05) is 18.5 Å². The van der Waals surface area contributed by atoms with Crippen molar-refractivity contribution in [3.8, 4) is 0 Å². The average Bonchev–Trinajstić information content (AvgIpc) is 2.46. The second kappa shape index (κ2) is 9.55. The van der Waals surface area contributed by atoms with E-state index in [4.69, 9.17) is 16.3 Å². The molecule has 0 aliphatic carbocycles. The van der Waals surface area contributed by atoms with Crippen molar-refractivity contribution in [1.29, 1.82) is 0 Å². The molecule has 1 amide bonds. The van der Waals surface area contributed by atoms with Crippen molar-refractivity contribution in [2.45, 2.75) is 26.2 Å². The van der Waals surface area contributed by atoms with Gasteiger partial charge >= 0.3 is 0 Å². The number of ether oxygens (including phenoxy) is 1. The zero-order valence-corrected chi connectivity index (χ0v) is 12.8. The predicted molar refractivity (Wildman–Crippen MR) is 81.5 cm³/mol. The van der Waals surface area contributed by atoms with Gasteiger partial charge < -0.3 is 15.4 Å². The first kappa shape index (κ1) is 16.7. The van der Waals surface area contributed by atoms with Crippen LogP contribution in [0.1, 0.15) is 36.7 Å². The lowest BCUT2D eigenvalue weighted by molar-refractivity contribution is 0.0946. The van der Waals surface area contributed by atoms with Crippen molar-refractivity contribution in [3.05, 3.63) is 22.8 Å². The molecule has 6 heteroatoms. The lowest BCUT2D eigenvalue weighted by atomic mass is 10.3. The second-order valence-corrected chi connectivity index (χ2v) is 4.82. The molecule has 1 aromatic heterocycles. The Bertz CT molecular complexity index is 427. The summed E-state index contributed by atoms with van der Waals surface area (Å²) < 4.78 is 4.95. The van der Waals surface area contributed by atoms with E-state index < -0.39 is 0 Å². The number of unbranched alkanes of at least 4 members (excludes halogenated alkanes) is 1. The highest BCUT2D eigenvalue weighted by Gasteiger charge is 2.12. The Hall–Kier alpha value is -1.33. The maximum Gasteiger partial charge on any atom is 0.271 e. The molecule has 1 aromatic rings. The molecule has 0 aliphatic rings. The van der Waals surface area contributed by atoms with Gasteiger partial charge in [0.2, 0.25) is 0 Å². The number of anilines is 1. The SMILES string of the molecule is CCCNc1ccc(Cl)c(C(=O)NCCCCOC)n1. The monoisotopic (exact) mass is 299 g/mol. The van der Waals surface area contributed by atoms with Gasteiger partial charge in [0.15, 0.2) is 0 Å². The molecular weight excluding hydrogens is 278 g/mol. The van der Waals surface area contributed by atoms with Crippen LogP contribution in [0.15, 0.2) is 12.1 Å². The van der Waals surface area contributed by atoms with Gasteiger partial charge in [-0.3, -0.25) is 4.79 Å². The average molecular weight is 300 g/mol. The highest BCUT2D eigenvalue weighted by atomic mass is 35.5. The van der Waals surface area contributed by atoms with Crippen LogP contribution in [0.2, 0.25) is 5.02 Å². The predicted octanol–water partition coefficient (Wildman–Crippen LogP) is 2.71. The van der Waals surface area contributed by atoms with E-state index in [1.807, 2.05) is 0 Å². The van der Waals surface area contributed by atoms with Crippen LogP contribution in [0.3, 0.4) is 0 Å². The van der Waals surface area contributed by atoms with Crippen molar-refractivity contribution in [3.63, 3.8) is 0 Å². The third kappa shape index (κ3) is 5.75. The number of hydrogen-bond donors (Lipinski definition) is 2. The maximum absolute atomic E-state index is 12.0. The van der Waals surface area contributed by atoms with E-state index in [1.54, 1.807) is 19.2 Å². The summed E-state index contributed by atoms with van der Waals surface area (Å²) in [6.45, 7) is 4.17. The minimum absolute atomic E-state index is 0.243. The van der Waals surface area contributed by atoms with Crippen LogP contribution in [0.5, 0.6) is 0 Å². The molecule has 0 aliphatic heterocycles. The molecule has 0 atom stereocenters. The third-order valence-corrected chi connectivity index (χ3v) is 2.98. The van der Waals surface area contributed by atoms with Crippen molar-refractivity contribution >= 4 is 23.3 Å².